The molecule has 4 aliphatic rings. The Bertz CT molecular complexity index is 764. The van der Waals surface area contributed by atoms with Crippen LogP contribution in [-0.4, -0.2) is 6.94 Å². The summed E-state index contributed by atoms with van der Waals surface area (Å²) in [6.07, 6.45) is 20.3. The third kappa shape index (κ3) is 4.38. The predicted octanol–water partition coefficient (Wildman–Crippen LogP) is 8.10. The van der Waals surface area contributed by atoms with E-state index in [4.69, 9.17) is 0 Å². The van der Waals surface area contributed by atoms with Crippen LogP contribution in [0.25, 0.3) is 0 Å². The largest absolute Gasteiger partial charge is 0.147 e. The van der Waals surface area contributed by atoms with Crippen LogP contribution in [0.1, 0.15) is 53.4 Å². The van der Waals surface area contributed by atoms with E-state index in [0.29, 0.717) is 0 Å². The maximum atomic E-state index is 2.89. The molecule has 6 unspecified atom stereocenters. The Labute approximate surface area is 200 Å². The average Bonchev–Trinajstić information content (AvgIpc) is 3.21. The van der Waals surface area contributed by atoms with Crippen molar-refractivity contribution in [3.63, 3.8) is 0 Å². The summed E-state index contributed by atoms with van der Waals surface area (Å²) in [5, 5.41) is 0. The van der Waals surface area contributed by atoms with Gasteiger partial charge in [-0.1, -0.05) is 0 Å². The first kappa shape index (κ1) is 26.9. The van der Waals surface area contributed by atoms with Gasteiger partial charge in [-0.25, -0.2) is 0 Å². The molecule has 0 aromatic carbocycles. The fraction of sp³-hybridized carbons (Fsp3) is 0.692. The Kier molecular flexibility index (Phi) is 8.49. The smallest absolute Gasteiger partial charge is 0.147 e. The number of rotatable bonds is 4. The number of hydrogen-bond donors (Lipinski definition) is 0. The van der Waals surface area contributed by atoms with Gasteiger partial charge in [-0.3, -0.25) is 0 Å². The normalized spacial score (nSPS) is 35.4. The molecule has 0 spiro atoms. The molecule has 0 heterocycles. The van der Waals surface area contributed by atoms with E-state index in [9.17, 15) is 0 Å². The third-order valence-corrected chi connectivity index (χ3v) is 36.4. The van der Waals surface area contributed by atoms with Gasteiger partial charge in [-0.05, 0) is 0 Å². The molecule has 0 radical (unpaired) electrons. The molecule has 0 saturated heterocycles. The van der Waals surface area contributed by atoms with Gasteiger partial charge in [-0.2, -0.15) is 0 Å². The zero-order chi connectivity index (χ0) is 20.3. The van der Waals surface area contributed by atoms with Gasteiger partial charge in [0.15, 0.2) is 0 Å². The summed E-state index contributed by atoms with van der Waals surface area (Å²) in [6, 6.07) is 0. The molecular weight excluding hydrogens is 590 g/mol. The summed E-state index contributed by atoms with van der Waals surface area (Å²) in [6.45, 7) is 12.6. The van der Waals surface area contributed by atoms with Crippen LogP contribution in [0.3, 0.4) is 0 Å². The molecule has 170 valence electrons. The molecule has 30 heavy (non-hydrogen) atoms. The van der Waals surface area contributed by atoms with Crippen molar-refractivity contribution >= 4 is 31.8 Å². The van der Waals surface area contributed by atoms with Crippen molar-refractivity contribution in [1.82, 2.24) is 0 Å². The fourth-order valence-corrected chi connectivity index (χ4v) is 42.3. The quantitative estimate of drug-likeness (QED) is 0.275. The average molecular weight is 634 g/mol. The monoisotopic (exact) mass is 634 g/mol. The maximum Gasteiger partial charge on any atom is -0.147 e. The predicted molar refractivity (Wildman–Crippen MR) is 139 cm³/mol. The van der Waals surface area contributed by atoms with Crippen LogP contribution in [0.2, 0.25) is 16.7 Å². The maximum absolute atomic E-state index is 3.26. The molecule has 2 fully saturated rings. The van der Waals surface area contributed by atoms with E-state index >= 15 is 0 Å². The molecule has 0 aromatic heterocycles. The molecule has 0 aliphatic heterocycles. The van der Waals surface area contributed by atoms with E-state index in [0.717, 1.165) is 42.9 Å². The number of fused-ring (bicyclic) bond motifs is 2. The van der Waals surface area contributed by atoms with Crippen LogP contribution in [0.5, 0.6) is 0 Å². The van der Waals surface area contributed by atoms with Gasteiger partial charge in [0.1, 0.15) is 0 Å². The van der Waals surface area contributed by atoms with E-state index in [1.54, 1.807) is 0 Å². The molecule has 0 N–H and O–H groups in total. The van der Waals surface area contributed by atoms with Gasteiger partial charge in [0.05, 0.1) is 0 Å². The number of allylic oxidation sites excluding steroid dienone is 8. The molecule has 2 saturated carbocycles. The Morgan fingerprint density at radius 1 is 0.767 bits per heavy atom. The first-order valence-electron chi connectivity index (χ1n) is 11.9. The van der Waals surface area contributed by atoms with E-state index in [1.807, 2.05) is 11.1 Å². The fourth-order valence-electron chi connectivity index (χ4n) is 8.00. The van der Waals surface area contributed by atoms with Gasteiger partial charge in [0.2, 0.25) is 0 Å². The van der Waals surface area contributed by atoms with Crippen LogP contribution in [0.15, 0.2) is 47.6 Å². The molecule has 4 heteroatoms. The minimum atomic E-state index is -3.26. The second kappa shape index (κ2) is 9.47. The van der Waals surface area contributed by atoms with Crippen molar-refractivity contribution < 1.29 is 17.1 Å². The molecule has 0 nitrogen and oxygen atoms in total. The molecule has 0 aromatic rings. The zero-order valence-corrected chi connectivity index (χ0v) is 26.6. The van der Waals surface area contributed by atoms with E-state index in [-0.39, 0.29) is 24.8 Å². The van der Waals surface area contributed by atoms with Crippen LogP contribution >= 0.6 is 24.8 Å². The second-order valence-electron chi connectivity index (χ2n) is 12.2. The van der Waals surface area contributed by atoms with Crippen molar-refractivity contribution in [3.05, 3.63) is 47.6 Å². The van der Waals surface area contributed by atoms with Gasteiger partial charge < -0.3 is 0 Å². The molecule has 4 aliphatic carbocycles. The number of halogens is 2. The van der Waals surface area contributed by atoms with Gasteiger partial charge in [0.25, 0.3) is 0 Å². The number of hydrogen-bond acceptors (Lipinski definition) is 0. The van der Waals surface area contributed by atoms with E-state index in [1.165, 1.54) is 25.7 Å². The first-order chi connectivity index (χ1) is 13.1. The second-order valence-corrected chi connectivity index (χ2v) is 56.1. The minimum absolute atomic E-state index is 0. The zero-order valence-electron chi connectivity index (χ0n) is 19.9. The molecule has 0 amide bonds. The Morgan fingerprint density at radius 2 is 1.13 bits per heavy atom. The summed E-state index contributed by atoms with van der Waals surface area (Å²) >= 11 is -3.26. The molecular formula is C26H44Cl2HfSi. The molecule has 0 bridgehead atoms. The Balaban J connectivity index is 0.00000160. The third-order valence-electron chi connectivity index (χ3n) is 9.08. The van der Waals surface area contributed by atoms with Crippen LogP contribution in [-0.2, 0) is 17.1 Å². The van der Waals surface area contributed by atoms with Crippen molar-refractivity contribution in [2.24, 2.45) is 35.5 Å². The summed E-state index contributed by atoms with van der Waals surface area (Å²) in [5.74, 6) is 5.13. The summed E-state index contributed by atoms with van der Waals surface area (Å²) in [7, 11) is 0. The molecule has 6 atom stereocenters. The summed E-state index contributed by atoms with van der Waals surface area (Å²) in [5.41, 5.74) is 3.77. The SMILES string of the molecule is CC(C)C1CC2CC=CC=C2[CH]1[Hf]([CH3])([CH3])(=[SiH2])[CH]1C2=CC=CCC2CC1C(C)C.Cl.Cl. The minimum Gasteiger partial charge on any atom is -0.147 e. The van der Waals surface area contributed by atoms with Crippen LogP contribution in [0, 0.1) is 35.5 Å². The van der Waals surface area contributed by atoms with E-state index in [2.05, 4.69) is 80.5 Å². The topological polar surface area (TPSA) is 0 Å². The van der Waals surface area contributed by atoms with Crippen molar-refractivity contribution in [1.29, 1.82) is 0 Å². The van der Waals surface area contributed by atoms with Crippen LogP contribution in [0.4, 0.5) is 0 Å². The van der Waals surface area contributed by atoms with Crippen molar-refractivity contribution in [3.8, 4) is 0 Å². The van der Waals surface area contributed by atoms with Gasteiger partial charge in [0, 0.05) is 0 Å². The first-order valence-corrected chi connectivity index (χ1v) is 31.6. The summed E-state index contributed by atoms with van der Waals surface area (Å²) in [4.78, 5) is 0. The van der Waals surface area contributed by atoms with E-state index < -0.39 is 17.1 Å². The van der Waals surface area contributed by atoms with Gasteiger partial charge in [-0.15, -0.1) is 24.8 Å². The summed E-state index contributed by atoms with van der Waals surface area (Å²) < 4.78 is 7.61. The van der Waals surface area contributed by atoms with Crippen LogP contribution < -0.4 is 0 Å². The Morgan fingerprint density at radius 3 is 1.47 bits per heavy atom. The molecule has 4 rings (SSSR count). The Hall–Kier alpha value is 0.627. The van der Waals surface area contributed by atoms with Crippen molar-refractivity contribution in [2.75, 3.05) is 0 Å². The van der Waals surface area contributed by atoms with Gasteiger partial charge >= 0.3 is 177 Å². The van der Waals surface area contributed by atoms with Crippen molar-refractivity contribution in [2.45, 2.75) is 70.1 Å². The standard InChI is InChI=1S/2C12H17.2CH3.2ClH.Hf.H2Si/c2*1-9(2)12-7-10-5-3-4-6-11(10)8-12;;;;;;/h2*3-5,7,9,11-12H,6,8H2,1-2H3;2*1H3;2*1H;;1H2.